The Hall–Kier alpha value is -4.64. The van der Waals surface area contributed by atoms with Gasteiger partial charge in [0.1, 0.15) is 11.3 Å². The molecular formula is C29H24BrN3O7. The van der Waals surface area contributed by atoms with E-state index in [1.807, 2.05) is 24.3 Å². The van der Waals surface area contributed by atoms with Crippen LogP contribution in [0.3, 0.4) is 0 Å². The summed E-state index contributed by atoms with van der Waals surface area (Å²) in [6.45, 7) is 1.70. The van der Waals surface area contributed by atoms with Gasteiger partial charge in [-0.1, -0.05) is 18.2 Å². The Morgan fingerprint density at radius 2 is 1.82 bits per heavy atom. The molecule has 0 saturated heterocycles. The number of para-hydroxylation sites is 1. The van der Waals surface area contributed by atoms with Gasteiger partial charge in [-0.15, -0.1) is 0 Å². The number of fused-ring (bicyclic) bond motifs is 2. The van der Waals surface area contributed by atoms with E-state index in [9.17, 15) is 9.59 Å². The monoisotopic (exact) mass is 605 g/mol. The highest BCUT2D eigenvalue weighted by Gasteiger charge is 2.18. The fourth-order valence-corrected chi connectivity index (χ4v) is 4.52. The van der Waals surface area contributed by atoms with Gasteiger partial charge in [-0.3, -0.25) is 4.79 Å². The van der Waals surface area contributed by atoms with E-state index < -0.39 is 5.97 Å². The molecule has 0 aliphatic carbocycles. The summed E-state index contributed by atoms with van der Waals surface area (Å²) in [5.41, 5.74) is 1.30. The SMILES string of the molecule is CCOC(=O)COc1cc(Br)c(C=Nn2c(-c3cc4c(OC)cccc4o3)nc3ccccc3c2=O)cc1OC. The lowest BCUT2D eigenvalue weighted by atomic mass is 10.2. The molecule has 10 nitrogen and oxygen atoms in total. The molecule has 0 unspecified atom stereocenters. The van der Waals surface area contributed by atoms with Crippen LogP contribution in [-0.2, 0) is 9.53 Å². The Morgan fingerprint density at radius 3 is 2.60 bits per heavy atom. The maximum atomic E-state index is 13.6. The van der Waals surface area contributed by atoms with Crippen molar-refractivity contribution in [1.82, 2.24) is 9.66 Å². The van der Waals surface area contributed by atoms with E-state index in [1.165, 1.54) is 18.0 Å². The number of carbonyl (C=O) groups excluding carboxylic acids is 1. The number of carbonyl (C=O) groups is 1. The zero-order valence-corrected chi connectivity index (χ0v) is 23.4. The largest absolute Gasteiger partial charge is 0.496 e. The van der Waals surface area contributed by atoms with Gasteiger partial charge in [0.15, 0.2) is 23.9 Å². The Morgan fingerprint density at radius 1 is 1.02 bits per heavy atom. The van der Waals surface area contributed by atoms with E-state index in [1.54, 1.807) is 50.4 Å². The zero-order chi connectivity index (χ0) is 28.2. The Balaban J connectivity index is 1.59. The molecule has 2 aromatic heterocycles. The summed E-state index contributed by atoms with van der Waals surface area (Å²) < 4.78 is 29.2. The van der Waals surface area contributed by atoms with Crippen LogP contribution >= 0.6 is 15.9 Å². The molecule has 0 radical (unpaired) electrons. The average molecular weight is 606 g/mol. The fourth-order valence-electron chi connectivity index (χ4n) is 4.09. The Bertz CT molecular complexity index is 1810. The molecule has 0 fully saturated rings. The van der Waals surface area contributed by atoms with Gasteiger partial charge in [0, 0.05) is 10.0 Å². The highest BCUT2D eigenvalue weighted by Crippen LogP contribution is 2.34. The molecule has 3 aromatic carbocycles. The third-order valence-corrected chi connectivity index (χ3v) is 6.65. The molecule has 0 amide bonds. The van der Waals surface area contributed by atoms with E-state index in [0.29, 0.717) is 49.5 Å². The molecule has 11 heteroatoms. The molecule has 0 atom stereocenters. The second-order valence-corrected chi connectivity index (χ2v) is 9.27. The van der Waals surface area contributed by atoms with Crippen molar-refractivity contribution in [2.24, 2.45) is 5.10 Å². The maximum absolute atomic E-state index is 13.6. The van der Waals surface area contributed by atoms with Crippen molar-refractivity contribution in [2.75, 3.05) is 27.4 Å². The number of hydrogen-bond acceptors (Lipinski definition) is 9. The number of esters is 1. The van der Waals surface area contributed by atoms with E-state index in [-0.39, 0.29) is 24.6 Å². The van der Waals surface area contributed by atoms with Crippen LogP contribution in [0.25, 0.3) is 33.5 Å². The maximum Gasteiger partial charge on any atom is 0.344 e. The van der Waals surface area contributed by atoms with Crippen molar-refractivity contribution in [3.63, 3.8) is 0 Å². The summed E-state index contributed by atoms with van der Waals surface area (Å²) in [6.07, 6.45) is 1.49. The van der Waals surface area contributed by atoms with Crippen molar-refractivity contribution in [2.45, 2.75) is 6.92 Å². The van der Waals surface area contributed by atoms with Crippen LogP contribution in [0.2, 0.25) is 0 Å². The highest BCUT2D eigenvalue weighted by atomic mass is 79.9. The Labute approximate surface area is 236 Å². The smallest absolute Gasteiger partial charge is 0.344 e. The number of rotatable bonds is 9. The Kier molecular flexibility index (Phi) is 7.83. The molecule has 2 heterocycles. The third-order valence-electron chi connectivity index (χ3n) is 5.96. The molecule has 5 aromatic rings. The van der Waals surface area contributed by atoms with Gasteiger partial charge in [-0.2, -0.15) is 9.78 Å². The topological polar surface area (TPSA) is 114 Å². The molecule has 0 aliphatic heterocycles. The summed E-state index contributed by atoms with van der Waals surface area (Å²) in [7, 11) is 3.06. The van der Waals surface area contributed by atoms with Crippen molar-refractivity contribution in [1.29, 1.82) is 0 Å². The van der Waals surface area contributed by atoms with E-state index >= 15 is 0 Å². The lowest BCUT2D eigenvalue weighted by Crippen LogP contribution is -2.20. The van der Waals surface area contributed by atoms with Gasteiger partial charge < -0.3 is 23.4 Å². The van der Waals surface area contributed by atoms with Crippen LogP contribution in [0.1, 0.15) is 12.5 Å². The first-order chi connectivity index (χ1) is 19.4. The van der Waals surface area contributed by atoms with E-state index in [4.69, 9.17) is 28.3 Å². The predicted octanol–water partition coefficient (Wildman–Crippen LogP) is 5.41. The van der Waals surface area contributed by atoms with Gasteiger partial charge >= 0.3 is 5.97 Å². The molecule has 0 spiro atoms. The quantitative estimate of drug-likeness (QED) is 0.162. The summed E-state index contributed by atoms with van der Waals surface area (Å²) in [4.78, 5) is 30.0. The van der Waals surface area contributed by atoms with E-state index in [2.05, 4.69) is 21.0 Å². The van der Waals surface area contributed by atoms with Crippen LogP contribution in [0, 0.1) is 0 Å². The second-order valence-electron chi connectivity index (χ2n) is 8.42. The lowest BCUT2D eigenvalue weighted by Gasteiger charge is -2.12. The van der Waals surface area contributed by atoms with Crippen LogP contribution in [0.4, 0.5) is 0 Å². The fraction of sp³-hybridized carbons (Fsp3) is 0.172. The number of nitrogens with zero attached hydrogens (tertiary/aromatic N) is 3. The first-order valence-electron chi connectivity index (χ1n) is 12.2. The number of methoxy groups -OCH3 is 2. The van der Waals surface area contributed by atoms with Gasteiger partial charge in [-0.25, -0.2) is 9.78 Å². The summed E-state index contributed by atoms with van der Waals surface area (Å²) in [6, 6.07) is 17.6. The number of ether oxygens (including phenoxy) is 4. The molecule has 0 bridgehead atoms. The van der Waals surface area contributed by atoms with Gasteiger partial charge in [0.25, 0.3) is 5.56 Å². The summed E-state index contributed by atoms with van der Waals surface area (Å²) in [5.74, 6) is 1.40. The molecule has 5 rings (SSSR count). The average Bonchev–Trinajstić information content (AvgIpc) is 3.41. The minimum atomic E-state index is -0.495. The van der Waals surface area contributed by atoms with Crippen LogP contribution < -0.4 is 19.8 Å². The number of hydrogen-bond donors (Lipinski definition) is 0. The van der Waals surface area contributed by atoms with Gasteiger partial charge in [-0.05, 0) is 65.3 Å². The van der Waals surface area contributed by atoms with Gasteiger partial charge in [0.05, 0.1) is 43.3 Å². The first-order valence-corrected chi connectivity index (χ1v) is 13.0. The van der Waals surface area contributed by atoms with Crippen LogP contribution in [0.5, 0.6) is 17.2 Å². The van der Waals surface area contributed by atoms with Crippen LogP contribution in [-0.4, -0.2) is 49.3 Å². The molecular weight excluding hydrogens is 582 g/mol. The lowest BCUT2D eigenvalue weighted by molar-refractivity contribution is -0.145. The summed E-state index contributed by atoms with van der Waals surface area (Å²) in [5, 5.41) is 5.64. The molecule has 204 valence electrons. The predicted molar refractivity (Wildman–Crippen MR) is 154 cm³/mol. The van der Waals surface area contributed by atoms with Crippen LogP contribution in [0.15, 0.2) is 79.4 Å². The number of aromatic nitrogens is 2. The van der Waals surface area contributed by atoms with Gasteiger partial charge in [0.2, 0.25) is 5.82 Å². The van der Waals surface area contributed by atoms with Crippen molar-refractivity contribution in [3.8, 4) is 28.8 Å². The van der Waals surface area contributed by atoms with Crippen molar-refractivity contribution < 1.29 is 28.2 Å². The van der Waals surface area contributed by atoms with Crippen molar-refractivity contribution in [3.05, 3.63) is 81.1 Å². The van der Waals surface area contributed by atoms with Crippen molar-refractivity contribution >= 4 is 50.0 Å². The second kappa shape index (κ2) is 11.6. The first kappa shape index (κ1) is 26.9. The molecule has 40 heavy (non-hydrogen) atoms. The molecule has 0 N–H and O–H groups in total. The minimum absolute atomic E-state index is 0.218. The standard InChI is InChI=1S/C29H24BrN3O7/c1-4-38-27(34)16-39-25-14-20(30)17(12-24(25)37-3)15-31-33-28(32-21-9-6-5-8-18(21)29(33)35)26-13-19-22(36-2)10-7-11-23(19)40-26/h5-15H,4,16H2,1-3H3. The van der Waals surface area contributed by atoms with E-state index in [0.717, 1.165) is 5.39 Å². The number of furan rings is 1. The third kappa shape index (κ3) is 5.28. The number of benzene rings is 3. The molecule has 0 saturated carbocycles. The summed E-state index contributed by atoms with van der Waals surface area (Å²) >= 11 is 3.50. The minimum Gasteiger partial charge on any atom is -0.496 e. The molecule has 0 aliphatic rings. The number of halogens is 1. The zero-order valence-electron chi connectivity index (χ0n) is 21.8. The normalized spacial score (nSPS) is 11.3. The highest BCUT2D eigenvalue weighted by molar-refractivity contribution is 9.10.